The molecular weight excluding hydrogens is 286 g/mol. The molecule has 0 aliphatic heterocycles. The summed E-state index contributed by atoms with van der Waals surface area (Å²) in [4.78, 5) is 22.7. The monoisotopic (exact) mass is 309 g/mol. The van der Waals surface area contributed by atoms with Crippen LogP contribution in [0.3, 0.4) is 0 Å². The van der Waals surface area contributed by atoms with Gasteiger partial charge in [0.15, 0.2) is 6.04 Å². The lowest BCUT2D eigenvalue weighted by molar-refractivity contribution is -0.143. The van der Waals surface area contributed by atoms with Crippen LogP contribution in [0.15, 0.2) is 24.3 Å². The predicted molar refractivity (Wildman–Crippen MR) is 82.0 cm³/mol. The highest BCUT2D eigenvalue weighted by molar-refractivity contribution is 5.83. The number of carboxylic acid groups (broad SMARTS) is 1. The van der Waals surface area contributed by atoms with Crippen molar-refractivity contribution in [2.24, 2.45) is 0 Å². The summed E-state index contributed by atoms with van der Waals surface area (Å²) in [7, 11) is 1.39. The van der Waals surface area contributed by atoms with Crippen LogP contribution in [0, 0.1) is 0 Å². The molecule has 0 aromatic heterocycles. The van der Waals surface area contributed by atoms with E-state index in [1.807, 2.05) is 31.2 Å². The standard InChI is InChI=1S/C16H23NO5/c1-3-10-22-13-7-4-12(5-8-13)6-9-15(18)17-14(11-21-2)16(19)20/h4-5,7-8,14H,3,6,9-11H2,1-2H3,(H,17,18)(H,19,20). The molecule has 1 aromatic carbocycles. The smallest absolute Gasteiger partial charge is 0.328 e. The van der Waals surface area contributed by atoms with Crippen LogP contribution in [0.25, 0.3) is 0 Å². The number of carbonyl (C=O) groups excluding carboxylic acids is 1. The molecule has 122 valence electrons. The number of methoxy groups -OCH3 is 1. The van der Waals surface area contributed by atoms with Crippen LogP contribution >= 0.6 is 0 Å². The van der Waals surface area contributed by atoms with E-state index < -0.39 is 12.0 Å². The topological polar surface area (TPSA) is 84.9 Å². The molecule has 0 fully saturated rings. The van der Waals surface area contributed by atoms with Crippen molar-refractivity contribution < 1.29 is 24.2 Å². The van der Waals surface area contributed by atoms with Gasteiger partial charge in [-0.05, 0) is 30.5 Å². The lowest BCUT2D eigenvalue weighted by atomic mass is 10.1. The van der Waals surface area contributed by atoms with E-state index in [4.69, 9.17) is 14.6 Å². The molecule has 6 nitrogen and oxygen atoms in total. The van der Waals surface area contributed by atoms with Crippen molar-refractivity contribution in [3.05, 3.63) is 29.8 Å². The number of rotatable bonds is 10. The van der Waals surface area contributed by atoms with Gasteiger partial charge in [0.25, 0.3) is 0 Å². The SMILES string of the molecule is CCCOc1ccc(CCC(=O)NC(COC)C(=O)O)cc1. The molecule has 22 heavy (non-hydrogen) atoms. The number of hydrogen-bond donors (Lipinski definition) is 2. The fourth-order valence-electron chi connectivity index (χ4n) is 1.84. The van der Waals surface area contributed by atoms with E-state index in [0.29, 0.717) is 13.0 Å². The molecule has 2 N–H and O–H groups in total. The minimum Gasteiger partial charge on any atom is -0.494 e. The Labute approximate surface area is 130 Å². The van der Waals surface area contributed by atoms with Crippen LogP contribution < -0.4 is 10.1 Å². The lowest BCUT2D eigenvalue weighted by Crippen LogP contribution is -2.43. The van der Waals surface area contributed by atoms with Gasteiger partial charge >= 0.3 is 5.97 Å². The first-order valence-electron chi connectivity index (χ1n) is 7.29. The van der Waals surface area contributed by atoms with Crippen molar-refractivity contribution in [1.29, 1.82) is 0 Å². The number of ether oxygens (including phenoxy) is 2. The van der Waals surface area contributed by atoms with E-state index >= 15 is 0 Å². The van der Waals surface area contributed by atoms with Crippen LogP contribution in [-0.4, -0.2) is 43.3 Å². The summed E-state index contributed by atoms with van der Waals surface area (Å²) in [5, 5.41) is 11.4. The van der Waals surface area contributed by atoms with E-state index in [1.165, 1.54) is 7.11 Å². The Morgan fingerprint density at radius 3 is 2.50 bits per heavy atom. The summed E-state index contributed by atoms with van der Waals surface area (Å²) in [6.45, 7) is 2.67. The third-order valence-corrected chi connectivity index (χ3v) is 3.00. The van der Waals surface area contributed by atoms with Gasteiger partial charge in [0.05, 0.1) is 13.2 Å². The van der Waals surface area contributed by atoms with E-state index in [0.717, 1.165) is 17.7 Å². The molecule has 0 saturated heterocycles. The first kappa shape index (κ1) is 18.0. The summed E-state index contributed by atoms with van der Waals surface area (Å²) in [6, 6.07) is 6.54. The van der Waals surface area contributed by atoms with Crippen LogP contribution in [0.4, 0.5) is 0 Å². The summed E-state index contributed by atoms with van der Waals surface area (Å²) < 4.78 is 10.2. The van der Waals surface area contributed by atoms with Gasteiger partial charge in [0, 0.05) is 13.5 Å². The number of aryl methyl sites for hydroxylation is 1. The quantitative estimate of drug-likeness (QED) is 0.686. The largest absolute Gasteiger partial charge is 0.494 e. The Bertz CT molecular complexity index is 472. The normalized spacial score (nSPS) is 11.7. The van der Waals surface area contributed by atoms with Gasteiger partial charge in [-0.3, -0.25) is 4.79 Å². The minimum atomic E-state index is -1.10. The van der Waals surface area contributed by atoms with Crippen molar-refractivity contribution in [1.82, 2.24) is 5.32 Å². The molecule has 0 aliphatic carbocycles. The average molecular weight is 309 g/mol. The summed E-state index contributed by atoms with van der Waals surface area (Å²) in [5.41, 5.74) is 0.998. The highest BCUT2D eigenvalue weighted by Gasteiger charge is 2.19. The molecule has 1 rings (SSSR count). The molecule has 0 spiro atoms. The number of benzene rings is 1. The second-order valence-corrected chi connectivity index (χ2v) is 4.91. The van der Waals surface area contributed by atoms with E-state index in [2.05, 4.69) is 5.32 Å². The van der Waals surface area contributed by atoms with Crippen molar-refractivity contribution >= 4 is 11.9 Å². The van der Waals surface area contributed by atoms with Crippen LogP contribution in [0.2, 0.25) is 0 Å². The first-order valence-corrected chi connectivity index (χ1v) is 7.29. The summed E-state index contributed by atoms with van der Waals surface area (Å²) >= 11 is 0. The van der Waals surface area contributed by atoms with Gasteiger partial charge in [-0.1, -0.05) is 19.1 Å². The zero-order chi connectivity index (χ0) is 16.4. The molecule has 0 heterocycles. The Morgan fingerprint density at radius 1 is 1.27 bits per heavy atom. The average Bonchev–Trinajstić information content (AvgIpc) is 2.51. The molecule has 1 atom stereocenters. The Kier molecular flexibility index (Phi) is 7.99. The second kappa shape index (κ2) is 9.78. The van der Waals surface area contributed by atoms with Gasteiger partial charge in [-0.25, -0.2) is 4.79 Å². The number of nitrogens with one attached hydrogen (secondary N) is 1. The molecule has 0 radical (unpaired) electrons. The van der Waals surface area contributed by atoms with Gasteiger partial charge in [0.1, 0.15) is 5.75 Å². The Balaban J connectivity index is 2.41. The third-order valence-electron chi connectivity index (χ3n) is 3.00. The first-order chi connectivity index (χ1) is 10.6. The van der Waals surface area contributed by atoms with Gasteiger partial charge in [-0.15, -0.1) is 0 Å². The third kappa shape index (κ3) is 6.58. The molecule has 0 bridgehead atoms. The van der Waals surface area contributed by atoms with E-state index in [-0.39, 0.29) is 18.9 Å². The van der Waals surface area contributed by atoms with Gasteiger partial charge in [-0.2, -0.15) is 0 Å². The van der Waals surface area contributed by atoms with Crippen LogP contribution in [-0.2, 0) is 20.7 Å². The fourth-order valence-corrected chi connectivity index (χ4v) is 1.84. The minimum absolute atomic E-state index is 0.0511. The zero-order valence-electron chi connectivity index (χ0n) is 13.0. The van der Waals surface area contributed by atoms with Crippen molar-refractivity contribution in [3.8, 4) is 5.75 Å². The number of carbonyl (C=O) groups is 2. The molecule has 1 amide bonds. The lowest BCUT2D eigenvalue weighted by Gasteiger charge is -2.13. The molecule has 0 saturated carbocycles. The molecule has 1 unspecified atom stereocenters. The zero-order valence-corrected chi connectivity index (χ0v) is 13.0. The highest BCUT2D eigenvalue weighted by atomic mass is 16.5. The molecule has 6 heteroatoms. The van der Waals surface area contributed by atoms with Gasteiger partial charge < -0.3 is 19.9 Å². The number of carboxylic acids is 1. The van der Waals surface area contributed by atoms with Crippen molar-refractivity contribution in [3.63, 3.8) is 0 Å². The second-order valence-electron chi connectivity index (χ2n) is 4.91. The summed E-state index contributed by atoms with van der Waals surface area (Å²) in [6.07, 6.45) is 1.72. The number of aliphatic carboxylic acids is 1. The molecule has 1 aromatic rings. The number of hydrogen-bond acceptors (Lipinski definition) is 4. The summed E-state index contributed by atoms with van der Waals surface area (Å²) in [5.74, 6) is -0.607. The number of amides is 1. The fraction of sp³-hybridized carbons (Fsp3) is 0.500. The maximum absolute atomic E-state index is 11.8. The van der Waals surface area contributed by atoms with Crippen molar-refractivity contribution in [2.75, 3.05) is 20.3 Å². The Hall–Kier alpha value is -2.08. The van der Waals surface area contributed by atoms with Crippen LogP contribution in [0.5, 0.6) is 5.75 Å². The maximum atomic E-state index is 11.8. The molecule has 0 aliphatic rings. The highest BCUT2D eigenvalue weighted by Crippen LogP contribution is 2.13. The predicted octanol–water partition coefficient (Wildman–Crippen LogP) is 1.62. The van der Waals surface area contributed by atoms with Gasteiger partial charge in [0.2, 0.25) is 5.91 Å². The maximum Gasteiger partial charge on any atom is 0.328 e. The van der Waals surface area contributed by atoms with E-state index in [9.17, 15) is 9.59 Å². The Morgan fingerprint density at radius 2 is 1.95 bits per heavy atom. The van der Waals surface area contributed by atoms with E-state index in [1.54, 1.807) is 0 Å². The van der Waals surface area contributed by atoms with Crippen molar-refractivity contribution in [2.45, 2.75) is 32.2 Å². The van der Waals surface area contributed by atoms with Crippen LogP contribution in [0.1, 0.15) is 25.3 Å². The molecular formula is C16H23NO5.